The molecule has 1 rings (SSSR count). The fourth-order valence-electron chi connectivity index (χ4n) is 1.39. The van der Waals surface area contributed by atoms with E-state index in [1.807, 2.05) is 33.2 Å². The van der Waals surface area contributed by atoms with Gasteiger partial charge in [0.05, 0.1) is 12.1 Å². The zero-order chi connectivity index (χ0) is 12.2. The van der Waals surface area contributed by atoms with Crippen LogP contribution in [-0.2, 0) is 5.54 Å². The lowest BCUT2D eigenvalue weighted by Gasteiger charge is -2.27. The molecule has 5 heteroatoms. The van der Waals surface area contributed by atoms with Crippen LogP contribution in [0.1, 0.15) is 12.7 Å². The van der Waals surface area contributed by atoms with E-state index in [0.29, 0.717) is 4.67 Å². The summed E-state index contributed by atoms with van der Waals surface area (Å²) in [5.41, 5.74) is -0.526. The fourth-order valence-corrected chi connectivity index (χ4v) is 1.69. The van der Waals surface area contributed by atoms with E-state index in [4.69, 9.17) is 4.42 Å². The summed E-state index contributed by atoms with van der Waals surface area (Å²) in [7, 11) is 4.03. The van der Waals surface area contributed by atoms with Gasteiger partial charge in [-0.2, -0.15) is 0 Å². The van der Waals surface area contributed by atoms with E-state index >= 15 is 0 Å². The summed E-state index contributed by atoms with van der Waals surface area (Å²) in [5.74, 6) is 0.737. The quantitative estimate of drug-likeness (QED) is 0.832. The number of hydrogen-bond donors (Lipinski definition) is 2. The lowest BCUT2D eigenvalue weighted by atomic mass is 10.0. The van der Waals surface area contributed by atoms with Crippen LogP contribution in [0.15, 0.2) is 21.2 Å². The molecule has 16 heavy (non-hydrogen) atoms. The average molecular weight is 291 g/mol. The Labute approximate surface area is 105 Å². The molecule has 0 aromatic carbocycles. The van der Waals surface area contributed by atoms with Crippen molar-refractivity contribution in [2.75, 3.05) is 33.8 Å². The summed E-state index contributed by atoms with van der Waals surface area (Å²) >= 11 is 3.26. The third-order valence-electron chi connectivity index (χ3n) is 2.51. The van der Waals surface area contributed by atoms with Crippen molar-refractivity contribution in [2.45, 2.75) is 12.5 Å². The van der Waals surface area contributed by atoms with Gasteiger partial charge in [-0.15, -0.1) is 0 Å². The second-order valence-corrected chi connectivity index (χ2v) is 5.11. The van der Waals surface area contributed by atoms with Gasteiger partial charge in [-0.25, -0.2) is 0 Å². The van der Waals surface area contributed by atoms with Crippen molar-refractivity contribution in [1.29, 1.82) is 0 Å². The number of nitrogens with one attached hydrogen (secondary N) is 1. The van der Waals surface area contributed by atoms with Gasteiger partial charge in [0.2, 0.25) is 0 Å². The minimum Gasteiger partial charge on any atom is -0.452 e. The SMILES string of the molecule is CN(C)CCNC(C)(CO)c1ccc(Br)o1. The van der Waals surface area contributed by atoms with Crippen LogP contribution in [-0.4, -0.2) is 43.8 Å². The van der Waals surface area contributed by atoms with Crippen LogP contribution in [0, 0.1) is 0 Å². The van der Waals surface area contributed by atoms with Crippen LogP contribution in [0.3, 0.4) is 0 Å². The molecule has 0 fully saturated rings. The Hall–Kier alpha value is -0.360. The first kappa shape index (κ1) is 13.7. The molecule has 1 aromatic rings. The Bertz CT molecular complexity index is 328. The number of nitrogens with zero attached hydrogens (tertiary/aromatic N) is 1. The molecule has 1 aromatic heterocycles. The molecule has 0 saturated heterocycles. The molecule has 4 nitrogen and oxygen atoms in total. The molecule has 0 aliphatic carbocycles. The highest BCUT2D eigenvalue weighted by molar-refractivity contribution is 9.10. The number of halogens is 1. The van der Waals surface area contributed by atoms with Crippen molar-refractivity contribution < 1.29 is 9.52 Å². The van der Waals surface area contributed by atoms with E-state index < -0.39 is 5.54 Å². The third kappa shape index (κ3) is 3.59. The molecular weight excluding hydrogens is 272 g/mol. The van der Waals surface area contributed by atoms with Crippen LogP contribution in [0.2, 0.25) is 0 Å². The maximum atomic E-state index is 9.46. The van der Waals surface area contributed by atoms with Crippen molar-refractivity contribution in [1.82, 2.24) is 10.2 Å². The van der Waals surface area contributed by atoms with Crippen molar-refractivity contribution in [3.05, 3.63) is 22.6 Å². The topological polar surface area (TPSA) is 48.6 Å². The van der Waals surface area contributed by atoms with Crippen molar-refractivity contribution in [3.63, 3.8) is 0 Å². The maximum absolute atomic E-state index is 9.46. The Morgan fingerprint density at radius 3 is 2.62 bits per heavy atom. The van der Waals surface area contributed by atoms with E-state index in [1.165, 1.54) is 0 Å². The maximum Gasteiger partial charge on any atom is 0.169 e. The lowest BCUT2D eigenvalue weighted by Crippen LogP contribution is -2.45. The zero-order valence-corrected chi connectivity index (χ0v) is 11.5. The predicted molar refractivity (Wildman–Crippen MR) is 67.4 cm³/mol. The van der Waals surface area contributed by atoms with E-state index in [2.05, 4.69) is 26.1 Å². The van der Waals surface area contributed by atoms with Gasteiger partial charge in [0.15, 0.2) is 4.67 Å². The summed E-state index contributed by atoms with van der Waals surface area (Å²) in [6.07, 6.45) is 0. The van der Waals surface area contributed by atoms with Crippen LogP contribution >= 0.6 is 15.9 Å². The first-order valence-corrected chi connectivity index (χ1v) is 6.03. The highest BCUT2D eigenvalue weighted by Crippen LogP contribution is 2.24. The fraction of sp³-hybridized carbons (Fsp3) is 0.636. The highest BCUT2D eigenvalue weighted by atomic mass is 79.9. The molecule has 1 unspecified atom stereocenters. The normalized spacial score (nSPS) is 15.4. The van der Waals surface area contributed by atoms with Gasteiger partial charge in [0.25, 0.3) is 0 Å². The van der Waals surface area contributed by atoms with Crippen LogP contribution < -0.4 is 5.32 Å². The molecule has 0 saturated carbocycles. The third-order valence-corrected chi connectivity index (χ3v) is 2.93. The van der Waals surface area contributed by atoms with Crippen molar-refractivity contribution >= 4 is 15.9 Å². The van der Waals surface area contributed by atoms with Gasteiger partial charge in [0.1, 0.15) is 5.76 Å². The predicted octanol–water partition coefficient (Wildman–Crippen LogP) is 1.40. The Morgan fingerprint density at radius 1 is 1.50 bits per heavy atom. The molecule has 0 bridgehead atoms. The highest BCUT2D eigenvalue weighted by Gasteiger charge is 2.28. The molecule has 0 aliphatic heterocycles. The summed E-state index contributed by atoms with van der Waals surface area (Å²) < 4.78 is 6.16. The van der Waals surface area contributed by atoms with Gasteiger partial charge in [-0.05, 0) is 49.1 Å². The minimum atomic E-state index is -0.526. The Balaban J connectivity index is 2.63. The molecule has 0 aliphatic rings. The Morgan fingerprint density at radius 2 is 2.19 bits per heavy atom. The minimum absolute atomic E-state index is 0.000379. The smallest absolute Gasteiger partial charge is 0.169 e. The van der Waals surface area contributed by atoms with Crippen LogP contribution in [0.5, 0.6) is 0 Å². The zero-order valence-electron chi connectivity index (χ0n) is 9.96. The van der Waals surface area contributed by atoms with Crippen molar-refractivity contribution in [3.8, 4) is 0 Å². The number of hydrogen-bond acceptors (Lipinski definition) is 4. The summed E-state index contributed by atoms with van der Waals surface area (Å²) in [4.78, 5) is 2.09. The van der Waals surface area contributed by atoms with Crippen molar-refractivity contribution in [2.24, 2.45) is 0 Å². The number of furan rings is 1. The number of likely N-dealkylation sites (N-methyl/N-ethyl adjacent to an activating group) is 1. The van der Waals surface area contributed by atoms with Gasteiger partial charge < -0.3 is 19.7 Å². The molecule has 0 radical (unpaired) electrons. The number of rotatable bonds is 6. The number of aliphatic hydroxyl groups is 1. The summed E-state index contributed by atoms with van der Waals surface area (Å²) in [6, 6.07) is 3.69. The summed E-state index contributed by atoms with van der Waals surface area (Å²) in [6.45, 7) is 3.63. The molecule has 0 amide bonds. The van der Waals surface area contributed by atoms with Gasteiger partial charge >= 0.3 is 0 Å². The number of aliphatic hydroxyl groups excluding tert-OH is 1. The first-order valence-electron chi connectivity index (χ1n) is 5.24. The molecule has 1 heterocycles. The van der Waals surface area contributed by atoms with E-state index in [-0.39, 0.29) is 6.61 Å². The van der Waals surface area contributed by atoms with Gasteiger partial charge in [-0.1, -0.05) is 0 Å². The molecular formula is C11H19BrN2O2. The Kier molecular flexibility index (Phi) is 4.98. The summed E-state index contributed by atoms with van der Waals surface area (Å²) in [5, 5.41) is 12.8. The lowest BCUT2D eigenvalue weighted by molar-refractivity contribution is 0.149. The van der Waals surface area contributed by atoms with Crippen LogP contribution in [0.25, 0.3) is 0 Å². The molecule has 1 atom stereocenters. The molecule has 2 N–H and O–H groups in total. The monoisotopic (exact) mass is 290 g/mol. The van der Waals surface area contributed by atoms with Gasteiger partial charge in [0, 0.05) is 13.1 Å². The van der Waals surface area contributed by atoms with E-state index in [1.54, 1.807) is 0 Å². The van der Waals surface area contributed by atoms with Crippen LogP contribution in [0.4, 0.5) is 0 Å². The second-order valence-electron chi connectivity index (χ2n) is 4.32. The molecule has 92 valence electrons. The van der Waals surface area contributed by atoms with E-state index in [9.17, 15) is 5.11 Å². The van der Waals surface area contributed by atoms with Gasteiger partial charge in [-0.3, -0.25) is 0 Å². The van der Waals surface area contributed by atoms with E-state index in [0.717, 1.165) is 18.8 Å². The first-order chi connectivity index (χ1) is 7.48. The largest absolute Gasteiger partial charge is 0.452 e. The molecule has 0 spiro atoms. The standard InChI is InChI=1S/C11H19BrN2O2/c1-11(8-15,13-6-7-14(2)3)9-4-5-10(12)16-9/h4-5,13,15H,6-8H2,1-3H3. The second kappa shape index (κ2) is 5.82. The average Bonchev–Trinajstić information content (AvgIpc) is 2.64.